The number of nitrogens with two attached hydrogens (primary N) is 1. The lowest BCUT2D eigenvalue weighted by atomic mass is 10.1. The molecule has 3 nitrogen and oxygen atoms in total. The molecule has 1 aromatic carbocycles. The molecule has 96 valence electrons. The highest BCUT2D eigenvalue weighted by atomic mass is 32.2. The first-order chi connectivity index (χ1) is 8.79. The van der Waals surface area contributed by atoms with Gasteiger partial charge in [-0.25, -0.2) is 0 Å². The van der Waals surface area contributed by atoms with Gasteiger partial charge in [0.25, 0.3) is 0 Å². The lowest BCUT2D eigenvalue weighted by molar-refractivity contribution is 0.606. The molecule has 0 amide bonds. The Bertz CT molecular complexity index is 493. The van der Waals surface area contributed by atoms with E-state index in [-0.39, 0.29) is 0 Å². The van der Waals surface area contributed by atoms with Crippen molar-refractivity contribution >= 4 is 17.4 Å². The lowest BCUT2D eigenvalue weighted by Gasteiger charge is -2.01. The second-order valence-electron chi connectivity index (χ2n) is 4.17. The monoisotopic (exact) mass is 261 g/mol. The minimum atomic E-state index is 0.791. The molecule has 0 atom stereocenters. The van der Waals surface area contributed by atoms with E-state index in [2.05, 4.69) is 24.3 Å². The molecule has 2 rings (SSSR count). The molecule has 1 aromatic heterocycles. The smallest absolute Gasteiger partial charge is 0.0568 e. The zero-order chi connectivity index (χ0) is 12.8. The molecule has 0 aliphatic carbocycles. The average Bonchev–Trinajstić information content (AvgIpc) is 2.83. The summed E-state index contributed by atoms with van der Waals surface area (Å²) in [6, 6.07) is 7.91. The molecule has 0 fully saturated rings. The van der Waals surface area contributed by atoms with Crippen molar-refractivity contribution in [3.05, 3.63) is 36.7 Å². The van der Waals surface area contributed by atoms with Crippen molar-refractivity contribution in [2.24, 2.45) is 0 Å². The summed E-state index contributed by atoms with van der Waals surface area (Å²) < 4.78 is 2.01. The Kier molecular flexibility index (Phi) is 4.70. The van der Waals surface area contributed by atoms with Crippen molar-refractivity contribution in [1.82, 2.24) is 9.78 Å². The minimum Gasteiger partial charge on any atom is -0.399 e. The summed E-state index contributed by atoms with van der Waals surface area (Å²) in [6.45, 7) is 3.17. The molecule has 0 saturated heterocycles. The van der Waals surface area contributed by atoms with Crippen molar-refractivity contribution < 1.29 is 0 Å². The van der Waals surface area contributed by atoms with Gasteiger partial charge >= 0.3 is 0 Å². The standard InChI is InChI=1S/C14H19N3S/c1-2-18-8-4-7-17-11-13(10-16-17)12-5-3-6-14(15)9-12/h3,5-6,9-11H,2,4,7-8,15H2,1H3. The van der Waals surface area contributed by atoms with E-state index in [1.54, 1.807) is 0 Å². The summed E-state index contributed by atoms with van der Waals surface area (Å²) in [7, 11) is 0. The van der Waals surface area contributed by atoms with Crippen LogP contribution in [0.2, 0.25) is 0 Å². The summed E-state index contributed by atoms with van der Waals surface area (Å²) >= 11 is 1.97. The Morgan fingerprint density at radius 3 is 3.00 bits per heavy atom. The molecule has 18 heavy (non-hydrogen) atoms. The second-order valence-corrected chi connectivity index (χ2v) is 5.56. The number of benzene rings is 1. The minimum absolute atomic E-state index is 0.791. The number of hydrogen-bond donors (Lipinski definition) is 1. The fraction of sp³-hybridized carbons (Fsp3) is 0.357. The van der Waals surface area contributed by atoms with E-state index in [1.807, 2.05) is 40.8 Å². The normalized spacial score (nSPS) is 10.7. The second kappa shape index (κ2) is 6.50. The maximum Gasteiger partial charge on any atom is 0.0568 e. The van der Waals surface area contributed by atoms with Gasteiger partial charge in [0.2, 0.25) is 0 Å². The quantitative estimate of drug-likeness (QED) is 0.641. The van der Waals surface area contributed by atoms with E-state index in [1.165, 1.54) is 11.5 Å². The molecular weight excluding hydrogens is 242 g/mol. The highest BCUT2D eigenvalue weighted by molar-refractivity contribution is 7.99. The average molecular weight is 261 g/mol. The van der Waals surface area contributed by atoms with Crippen LogP contribution in [0.3, 0.4) is 0 Å². The van der Waals surface area contributed by atoms with Crippen molar-refractivity contribution in [2.75, 3.05) is 17.2 Å². The summed E-state index contributed by atoms with van der Waals surface area (Å²) in [5, 5.41) is 4.39. The third kappa shape index (κ3) is 3.53. The van der Waals surface area contributed by atoms with Crippen molar-refractivity contribution in [3.63, 3.8) is 0 Å². The van der Waals surface area contributed by atoms with Crippen molar-refractivity contribution in [2.45, 2.75) is 19.9 Å². The zero-order valence-corrected chi connectivity index (χ0v) is 11.5. The van der Waals surface area contributed by atoms with E-state index >= 15 is 0 Å². The van der Waals surface area contributed by atoms with Crippen LogP contribution in [-0.4, -0.2) is 21.3 Å². The van der Waals surface area contributed by atoms with Gasteiger partial charge in [0.15, 0.2) is 0 Å². The maximum absolute atomic E-state index is 5.79. The van der Waals surface area contributed by atoms with E-state index in [9.17, 15) is 0 Å². The first kappa shape index (κ1) is 13.0. The van der Waals surface area contributed by atoms with Crippen molar-refractivity contribution in [1.29, 1.82) is 0 Å². The topological polar surface area (TPSA) is 43.8 Å². The Balaban J connectivity index is 1.97. The molecule has 0 radical (unpaired) electrons. The van der Waals surface area contributed by atoms with E-state index in [0.29, 0.717) is 0 Å². The first-order valence-electron chi connectivity index (χ1n) is 6.25. The maximum atomic E-state index is 5.79. The van der Waals surface area contributed by atoms with Gasteiger partial charge in [-0.1, -0.05) is 19.1 Å². The number of hydrogen-bond acceptors (Lipinski definition) is 3. The van der Waals surface area contributed by atoms with Gasteiger partial charge in [0, 0.05) is 24.0 Å². The largest absolute Gasteiger partial charge is 0.399 e. The van der Waals surface area contributed by atoms with Crippen LogP contribution in [0.5, 0.6) is 0 Å². The van der Waals surface area contributed by atoms with Gasteiger partial charge in [-0.3, -0.25) is 4.68 Å². The number of aryl methyl sites for hydroxylation is 1. The highest BCUT2D eigenvalue weighted by Gasteiger charge is 2.01. The summed E-state index contributed by atoms with van der Waals surface area (Å²) in [4.78, 5) is 0. The Hall–Kier alpha value is -1.42. The predicted octanol–water partition coefficient (Wildman–Crippen LogP) is 3.28. The third-order valence-corrected chi connectivity index (χ3v) is 3.72. The van der Waals surface area contributed by atoms with Crippen molar-refractivity contribution in [3.8, 4) is 11.1 Å². The molecule has 2 aromatic rings. The molecule has 4 heteroatoms. The zero-order valence-electron chi connectivity index (χ0n) is 10.7. The van der Waals surface area contributed by atoms with Crippen LogP contribution in [0.15, 0.2) is 36.7 Å². The summed E-state index contributed by atoms with van der Waals surface area (Å²) in [6.07, 6.45) is 5.16. The molecule has 0 bridgehead atoms. The van der Waals surface area contributed by atoms with Crippen LogP contribution < -0.4 is 5.73 Å². The fourth-order valence-corrected chi connectivity index (χ4v) is 2.45. The SMILES string of the molecule is CCSCCCn1cc(-c2cccc(N)c2)cn1. The van der Waals surface area contributed by atoms with Crippen LogP contribution >= 0.6 is 11.8 Å². The molecular formula is C14H19N3S. The highest BCUT2D eigenvalue weighted by Crippen LogP contribution is 2.20. The number of nitrogen functional groups attached to an aromatic ring is 1. The number of anilines is 1. The Labute approximate surface area is 112 Å². The summed E-state index contributed by atoms with van der Waals surface area (Å²) in [5.74, 6) is 2.39. The fourth-order valence-electron chi connectivity index (χ4n) is 1.83. The molecule has 0 unspecified atom stereocenters. The van der Waals surface area contributed by atoms with Crippen LogP contribution in [-0.2, 0) is 6.54 Å². The van der Waals surface area contributed by atoms with Gasteiger partial charge in [-0.05, 0) is 35.6 Å². The molecule has 2 N–H and O–H groups in total. The van der Waals surface area contributed by atoms with Gasteiger partial charge in [0.05, 0.1) is 6.20 Å². The Morgan fingerprint density at radius 2 is 2.22 bits per heavy atom. The molecule has 0 saturated carbocycles. The molecule has 1 heterocycles. The van der Waals surface area contributed by atoms with E-state index < -0.39 is 0 Å². The number of aromatic nitrogens is 2. The van der Waals surface area contributed by atoms with E-state index in [4.69, 9.17) is 5.73 Å². The third-order valence-electron chi connectivity index (χ3n) is 2.73. The number of nitrogens with zero attached hydrogens (tertiary/aromatic N) is 2. The Morgan fingerprint density at radius 1 is 1.33 bits per heavy atom. The number of thioether (sulfide) groups is 1. The predicted molar refractivity (Wildman–Crippen MR) is 79.7 cm³/mol. The molecule has 0 spiro atoms. The van der Waals surface area contributed by atoms with Crippen LogP contribution in [0.25, 0.3) is 11.1 Å². The van der Waals surface area contributed by atoms with Crippen LogP contribution in [0.1, 0.15) is 13.3 Å². The van der Waals surface area contributed by atoms with Gasteiger partial charge < -0.3 is 5.73 Å². The van der Waals surface area contributed by atoms with E-state index in [0.717, 1.165) is 29.8 Å². The molecule has 0 aliphatic rings. The van der Waals surface area contributed by atoms with Crippen LogP contribution in [0, 0.1) is 0 Å². The first-order valence-corrected chi connectivity index (χ1v) is 7.41. The molecule has 0 aliphatic heterocycles. The summed E-state index contributed by atoms with van der Waals surface area (Å²) in [5.41, 5.74) is 8.84. The number of rotatable bonds is 6. The van der Waals surface area contributed by atoms with Gasteiger partial charge in [-0.2, -0.15) is 16.9 Å². The van der Waals surface area contributed by atoms with Gasteiger partial charge in [-0.15, -0.1) is 0 Å². The van der Waals surface area contributed by atoms with Crippen LogP contribution in [0.4, 0.5) is 5.69 Å². The lowest BCUT2D eigenvalue weighted by Crippen LogP contribution is -1.99. The van der Waals surface area contributed by atoms with Gasteiger partial charge in [0.1, 0.15) is 0 Å².